The number of thiazole rings is 1. The zero-order valence-corrected chi connectivity index (χ0v) is 23.9. The number of carboxylic acid groups (broad SMARTS) is 1. The highest BCUT2D eigenvalue weighted by Gasteiger charge is 2.47. The summed E-state index contributed by atoms with van der Waals surface area (Å²) in [4.78, 5) is 19.0. The summed E-state index contributed by atoms with van der Waals surface area (Å²) in [5.41, 5.74) is 4.11. The van der Waals surface area contributed by atoms with Gasteiger partial charge in [0.05, 0.1) is 35.8 Å². The van der Waals surface area contributed by atoms with Crippen LogP contribution < -0.4 is 9.64 Å². The molecule has 9 heteroatoms. The van der Waals surface area contributed by atoms with Gasteiger partial charge in [0.25, 0.3) is 0 Å². The molecule has 0 amide bonds. The van der Waals surface area contributed by atoms with Gasteiger partial charge in [0.15, 0.2) is 5.13 Å². The topological polar surface area (TPSA) is 97.9 Å². The Hall–Kier alpha value is -2.65. The van der Waals surface area contributed by atoms with Crippen molar-refractivity contribution in [2.45, 2.75) is 114 Å². The van der Waals surface area contributed by atoms with E-state index in [0.29, 0.717) is 41.7 Å². The van der Waals surface area contributed by atoms with E-state index in [1.807, 2.05) is 0 Å². The van der Waals surface area contributed by atoms with Crippen LogP contribution in [0.2, 0.25) is 0 Å². The van der Waals surface area contributed by atoms with Crippen LogP contribution in [0.1, 0.15) is 116 Å². The fourth-order valence-electron chi connectivity index (χ4n) is 7.80. The van der Waals surface area contributed by atoms with Crippen LogP contribution in [-0.2, 0) is 11.3 Å². The van der Waals surface area contributed by atoms with Crippen molar-refractivity contribution < 1.29 is 23.9 Å². The maximum atomic E-state index is 11.6. The highest BCUT2D eigenvalue weighted by Crippen LogP contribution is 2.59. The number of anilines is 1. The molecule has 1 aromatic carbocycles. The summed E-state index contributed by atoms with van der Waals surface area (Å²) in [5, 5.41) is 15.1. The first kappa shape index (κ1) is 25.1. The van der Waals surface area contributed by atoms with Gasteiger partial charge in [-0.1, -0.05) is 16.5 Å². The molecule has 1 N–H and O–H groups in total. The number of rotatable bonds is 8. The van der Waals surface area contributed by atoms with Crippen LogP contribution in [0.4, 0.5) is 5.13 Å². The molecule has 40 heavy (non-hydrogen) atoms. The van der Waals surface area contributed by atoms with E-state index in [1.165, 1.54) is 62.6 Å². The molecule has 2 bridgehead atoms. The third kappa shape index (κ3) is 4.31. The SMILES string of the molecule is COc1cc(C(=O)O)cc2sc(N3C4CCC3CC(OCc3c(C5CCC6(CC5)CC6)noc3C3CC3)C4)nc12. The smallest absolute Gasteiger partial charge is 0.335 e. The van der Waals surface area contributed by atoms with Gasteiger partial charge in [-0.3, -0.25) is 0 Å². The van der Waals surface area contributed by atoms with Gasteiger partial charge in [-0.15, -0.1) is 0 Å². The molecule has 2 saturated heterocycles. The molecule has 3 aromatic rings. The molecule has 4 heterocycles. The third-order valence-electron chi connectivity index (χ3n) is 10.5. The highest BCUT2D eigenvalue weighted by molar-refractivity contribution is 7.22. The maximum Gasteiger partial charge on any atom is 0.335 e. The Labute approximate surface area is 238 Å². The van der Waals surface area contributed by atoms with Crippen molar-refractivity contribution in [1.82, 2.24) is 10.1 Å². The van der Waals surface area contributed by atoms with E-state index in [-0.39, 0.29) is 11.7 Å². The molecule has 8 nitrogen and oxygen atoms in total. The summed E-state index contributed by atoms with van der Waals surface area (Å²) in [7, 11) is 1.57. The quantitative estimate of drug-likeness (QED) is 0.312. The molecule has 3 aliphatic carbocycles. The Morgan fingerprint density at radius 3 is 2.48 bits per heavy atom. The molecule has 1 spiro atoms. The second-order valence-corrected chi connectivity index (χ2v) is 14.0. The number of piperidine rings is 1. The predicted molar refractivity (Wildman–Crippen MR) is 152 cm³/mol. The van der Waals surface area contributed by atoms with E-state index in [1.54, 1.807) is 30.6 Å². The Bertz CT molecular complexity index is 1430. The fraction of sp³-hybridized carbons (Fsp3) is 0.645. The predicted octanol–water partition coefficient (Wildman–Crippen LogP) is 7.02. The Balaban J connectivity index is 0.982. The van der Waals surface area contributed by atoms with Crippen LogP contribution in [0.15, 0.2) is 16.7 Å². The van der Waals surface area contributed by atoms with Crippen molar-refractivity contribution in [3.05, 3.63) is 34.7 Å². The number of aromatic nitrogens is 2. The first-order valence-corrected chi connectivity index (χ1v) is 15.9. The zero-order valence-electron chi connectivity index (χ0n) is 23.1. The lowest BCUT2D eigenvalue weighted by molar-refractivity contribution is 0.0140. The van der Waals surface area contributed by atoms with Crippen molar-refractivity contribution in [3.8, 4) is 5.75 Å². The van der Waals surface area contributed by atoms with E-state index >= 15 is 0 Å². The number of carboxylic acids is 1. The average molecular weight is 564 g/mol. The summed E-state index contributed by atoms with van der Waals surface area (Å²) < 4.78 is 19.0. The van der Waals surface area contributed by atoms with Gasteiger partial charge in [0, 0.05) is 29.5 Å². The van der Waals surface area contributed by atoms with Crippen molar-refractivity contribution in [2.24, 2.45) is 5.41 Å². The number of aromatic carboxylic acids is 1. The number of benzene rings is 1. The van der Waals surface area contributed by atoms with Crippen LogP contribution in [-0.4, -0.2) is 46.5 Å². The number of hydrogen-bond donors (Lipinski definition) is 1. The summed E-state index contributed by atoms with van der Waals surface area (Å²) in [6.07, 6.45) is 14.9. The number of nitrogens with zero attached hydrogens (tertiary/aromatic N) is 3. The first-order valence-electron chi connectivity index (χ1n) is 15.1. The largest absolute Gasteiger partial charge is 0.494 e. The minimum atomic E-state index is -0.954. The molecule has 2 aliphatic heterocycles. The van der Waals surface area contributed by atoms with Crippen LogP contribution in [0.25, 0.3) is 10.2 Å². The van der Waals surface area contributed by atoms with Crippen LogP contribution in [0.3, 0.4) is 0 Å². The van der Waals surface area contributed by atoms with Crippen molar-refractivity contribution in [1.29, 1.82) is 0 Å². The average Bonchev–Trinajstić information content (AvgIpc) is 3.83. The monoisotopic (exact) mass is 563 g/mol. The Morgan fingerprint density at radius 1 is 1.07 bits per heavy atom. The summed E-state index contributed by atoms with van der Waals surface area (Å²) in [6, 6.07) is 4.04. The van der Waals surface area contributed by atoms with E-state index < -0.39 is 5.97 Å². The molecule has 5 aliphatic rings. The van der Waals surface area contributed by atoms with Crippen LogP contribution in [0, 0.1) is 5.41 Å². The lowest BCUT2D eigenvalue weighted by Crippen LogP contribution is -2.45. The minimum Gasteiger partial charge on any atom is -0.494 e. The molecule has 0 radical (unpaired) electrons. The molecule has 3 saturated carbocycles. The van der Waals surface area contributed by atoms with Crippen LogP contribution in [0.5, 0.6) is 5.75 Å². The number of hydrogen-bond acceptors (Lipinski definition) is 8. The molecule has 2 unspecified atom stereocenters. The second-order valence-electron chi connectivity index (χ2n) is 13.0. The normalized spacial score (nSPS) is 27.5. The van der Waals surface area contributed by atoms with Gasteiger partial charge >= 0.3 is 5.97 Å². The minimum absolute atomic E-state index is 0.215. The van der Waals surface area contributed by atoms with Gasteiger partial charge in [0.1, 0.15) is 17.0 Å². The van der Waals surface area contributed by atoms with Gasteiger partial charge in [0.2, 0.25) is 0 Å². The van der Waals surface area contributed by atoms with E-state index in [2.05, 4.69) is 10.1 Å². The second kappa shape index (κ2) is 9.44. The van der Waals surface area contributed by atoms with Crippen LogP contribution >= 0.6 is 11.3 Å². The first-order chi connectivity index (χ1) is 19.5. The van der Waals surface area contributed by atoms with E-state index in [9.17, 15) is 9.90 Å². The van der Waals surface area contributed by atoms with Gasteiger partial charge in [-0.25, -0.2) is 9.78 Å². The number of carbonyl (C=O) groups is 1. The number of ether oxygens (including phenoxy) is 2. The molecule has 2 atom stereocenters. The van der Waals surface area contributed by atoms with Gasteiger partial charge in [-0.2, -0.15) is 0 Å². The third-order valence-corrected chi connectivity index (χ3v) is 11.5. The summed E-state index contributed by atoms with van der Waals surface area (Å²) >= 11 is 1.57. The Kier molecular flexibility index (Phi) is 5.92. The fourth-order valence-corrected chi connectivity index (χ4v) is 8.97. The van der Waals surface area contributed by atoms with Crippen molar-refractivity contribution in [2.75, 3.05) is 12.0 Å². The standard InChI is InChI=1S/C31H37N3O5S/c1-37-24-12-19(29(35)36)13-25-27(24)32-30(40-25)34-20-4-5-21(34)15-22(14-20)38-16-23-26(33-39-28(23)18-2-3-18)17-6-8-31(9-7-17)10-11-31/h12-13,17-18,20-22H,2-11,14-16H2,1H3,(H,35,36). The summed E-state index contributed by atoms with van der Waals surface area (Å²) in [6.45, 7) is 0.618. The lowest BCUT2D eigenvalue weighted by Gasteiger charge is -2.38. The van der Waals surface area contributed by atoms with Gasteiger partial charge < -0.3 is 24.0 Å². The molecule has 5 fully saturated rings. The van der Waals surface area contributed by atoms with Crippen molar-refractivity contribution in [3.63, 3.8) is 0 Å². The zero-order chi connectivity index (χ0) is 27.0. The Morgan fingerprint density at radius 2 is 1.82 bits per heavy atom. The maximum absolute atomic E-state index is 11.6. The van der Waals surface area contributed by atoms with E-state index in [4.69, 9.17) is 19.0 Å². The molecular weight excluding hydrogens is 526 g/mol. The van der Waals surface area contributed by atoms with Gasteiger partial charge in [-0.05, 0) is 94.6 Å². The lowest BCUT2D eigenvalue weighted by atomic mass is 9.77. The molecule has 2 aromatic heterocycles. The molecular formula is C31H37N3O5S. The summed E-state index contributed by atoms with van der Waals surface area (Å²) in [5.74, 6) is 1.73. The molecule has 8 rings (SSSR count). The highest BCUT2D eigenvalue weighted by atomic mass is 32.1. The number of fused-ring (bicyclic) bond motifs is 3. The number of methoxy groups -OCH3 is 1. The molecule has 212 valence electrons. The van der Waals surface area contributed by atoms with E-state index in [0.717, 1.165) is 46.8 Å². The van der Waals surface area contributed by atoms with Crippen molar-refractivity contribution >= 4 is 32.7 Å².